The monoisotopic (exact) mass is 273 g/mol. The van der Waals surface area contributed by atoms with Gasteiger partial charge in [0.05, 0.1) is 0 Å². The molecular formula is C15H22F3N. The van der Waals surface area contributed by atoms with Crippen molar-refractivity contribution in [3.63, 3.8) is 0 Å². The van der Waals surface area contributed by atoms with Gasteiger partial charge in [0.15, 0.2) is 0 Å². The van der Waals surface area contributed by atoms with Gasteiger partial charge in [-0.2, -0.15) is 13.2 Å². The van der Waals surface area contributed by atoms with Crippen molar-refractivity contribution in [2.24, 2.45) is 5.73 Å². The zero-order valence-corrected chi connectivity index (χ0v) is 11.5. The Morgan fingerprint density at radius 1 is 1.05 bits per heavy atom. The Balaban J connectivity index is 2.93. The molecule has 1 rings (SSSR count). The maximum Gasteiger partial charge on any atom is 0.389 e. The van der Waals surface area contributed by atoms with Crippen molar-refractivity contribution < 1.29 is 13.2 Å². The van der Waals surface area contributed by atoms with Crippen molar-refractivity contribution in [2.75, 3.05) is 0 Å². The zero-order chi connectivity index (χ0) is 14.5. The molecule has 0 bridgehead atoms. The highest BCUT2D eigenvalue weighted by Gasteiger charge is 2.37. The van der Waals surface area contributed by atoms with Crippen molar-refractivity contribution in [1.82, 2.24) is 0 Å². The van der Waals surface area contributed by atoms with Gasteiger partial charge in [0.2, 0.25) is 0 Å². The van der Waals surface area contributed by atoms with E-state index in [0.717, 1.165) is 18.4 Å². The molecule has 0 fully saturated rings. The number of hydrogen-bond acceptors (Lipinski definition) is 1. The number of hydrogen-bond donors (Lipinski definition) is 1. The van der Waals surface area contributed by atoms with Crippen molar-refractivity contribution >= 4 is 0 Å². The van der Waals surface area contributed by atoms with Gasteiger partial charge >= 0.3 is 6.18 Å². The molecule has 0 aliphatic carbocycles. The van der Waals surface area contributed by atoms with Crippen LogP contribution in [-0.2, 0) is 5.41 Å². The van der Waals surface area contributed by atoms with Crippen molar-refractivity contribution in [2.45, 2.75) is 57.2 Å². The molecule has 0 amide bonds. The van der Waals surface area contributed by atoms with E-state index in [1.165, 1.54) is 0 Å². The summed E-state index contributed by atoms with van der Waals surface area (Å²) in [7, 11) is 0. The predicted octanol–water partition coefficient (Wildman–Crippen LogP) is 4.41. The minimum Gasteiger partial charge on any atom is -0.327 e. The van der Waals surface area contributed by atoms with Gasteiger partial charge < -0.3 is 5.73 Å². The Bertz CT molecular complexity index is 369. The van der Waals surface area contributed by atoms with Crippen LogP contribution in [0.4, 0.5) is 13.2 Å². The van der Waals surface area contributed by atoms with E-state index in [0.29, 0.717) is 0 Å². The molecule has 0 aliphatic rings. The van der Waals surface area contributed by atoms with E-state index in [1.54, 1.807) is 0 Å². The highest BCUT2D eigenvalue weighted by atomic mass is 19.4. The molecule has 1 nitrogen and oxygen atoms in total. The maximum atomic E-state index is 12.4. The molecule has 0 aromatic heterocycles. The molecule has 19 heavy (non-hydrogen) atoms. The lowest BCUT2D eigenvalue weighted by molar-refractivity contribution is -0.137. The summed E-state index contributed by atoms with van der Waals surface area (Å²) in [5.41, 5.74) is 6.78. The molecular weight excluding hydrogens is 251 g/mol. The third-order valence-corrected chi connectivity index (χ3v) is 4.06. The fourth-order valence-corrected chi connectivity index (χ4v) is 2.76. The first kappa shape index (κ1) is 16.0. The lowest BCUT2D eigenvalue weighted by Crippen LogP contribution is -2.45. The Morgan fingerprint density at radius 2 is 1.58 bits per heavy atom. The molecule has 4 heteroatoms. The van der Waals surface area contributed by atoms with Gasteiger partial charge in [0.1, 0.15) is 0 Å². The maximum absolute atomic E-state index is 12.4. The highest BCUT2D eigenvalue weighted by Crippen LogP contribution is 2.37. The number of halogens is 3. The van der Waals surface area contributed by atoms with Crippen LogP contribution in [0, 0.1) is 0 Å². The summed E-state index contributed by atoms with van der Waals surface area (Å²) in [6, 6.07) is 9.16. The molecule has 1 aromatic carbocycles. The normalized spacial score (nSPS) is 14.4. The molecule has 0 spiro atoms. The predicted molar refractivity (Wildman–Crippen MR) is 72.0 cm³/mol. The minimum absolute atomic E-state index is 0.0277. The van der Waals surface area contributed by atoms with Crippen LogP contribution in [-0.4, -0.2) is 12.2 Å². The number of alkyl halides is 3. The van der Waals surface area contributed by atoms with Crippen LogP contribution in [0.25, 0.3) is 0 Å². The lowest BCUT2D eigenvalue weighted by atomic mass is 9.69. The van der Waals surface area contributed by atoms with Gasteiger partial charge in [0, 0.05) is 17.9 Å². The molecule has 108 valence electrons. The number of rotatable bonds is 6. The van der Waals surface area contributed by atoms with Crippen molar-refractivity contribution in [3.8, 4) is 0 Å². The van der Waals surface area contributed by atoms with Gasteiger partial charge in [-0.1, -0.05) is 44.2 Å². The Kier molecular flexibility index (Phi) is 5.41. The van der Waals surface area contributed by atoms with Crippen LogP contribution < -0.4 is 5.73 Å². The summed E-state index contributed by atoms with van der Waals surface area (Å²) < 4.78 is 37.1. The summed E-state index contributed by atoms with van der Waals surface area (Å²) >= 11 is 0. The van der Waals surface area contributed by atoms with Crippen molar-refractivity contribution in [1.29, 1.82) is 0 Å². The summed E-state index contributed by atoms with van der Waals surface area (Å²) in [6.07, 6.45) is -3.50. The second-order valence-electron chi connectivity index (χ2n) is 4.99. The summed E-state index contributed by atoms with van der Waals surface area (Å²) in [5, 5.41) is 0. The molecule has 0 heterocycles. The molecule has 1 unspecified atom stereocenters. The molecule has 0 aliphatic heterocycles. The zero-order valence-electron chi connectivity index (χ0n) is 11.5. The van der Waals surface area contributed by atoms with E-state index in [-0.39, 0.29) is 11.8 Å². The standard InChI is InChI=1S/C15H22F3N/c1-3-14(4-2,12-8-6-5-7-9-12)13(19)10-11-15(16,17)18/h5-9,13H,3-4,10-11,19H2,1-2H3. The molecule has 2 N–H and O–H groups in total. The van der Waals surface area contributed by atoms with E-state index in [2.05, 4.69) is 0 Å². The van der Waals surface area contributed by atoms with E-state index < -0.39 is 18.6 Å². The molecule has 0 saturated heterocycles. The van der Waals surface area contributed by atoms with E-state index in [4.69, 9.17) is 5.73 Å². The van der Waals surface area contributed by atoms with E-state index >= 15 is 0 Å². The first-order valence-electron chi connectivity index (χ1n) is 6.73. The third-order valence-electron chi connectivity index (χ3n) is 4.06. The van der Waals surface area contributed by atoms with Crippen LogP contribution in [0.2, 0.25) is 0 Å². The summed E-state index contributed by atoms with van der Waals surface area (Å²) in [4.78, 5) is 0. The van der Waals surface area contributed by atoms with Gasteiger partial charge in [-0.25, -0.2) is 0 Å². The second kappa shape index (κ2) is 6.42. The fraction of sp³-hybridized carbons (Fsp3) is 0.600. The topological polar surface area (TPSA) is 26.0 Å². The second-order valence-corrected chi connectivity index (χ2v) is 4.99. The van der Waals surface area contributed by atoms with Crippen molar-refractivity contribution in [3.05, 3.63) is 35.9 Å². The molecule has 0 saturated carbocycles. The SMILES string of the molecule is CCC(CC)(c1ccccc1)C(N)CCC(F)(F)F. The largest absolute Gasteiger partial charge is 0.389 e. The van der Waals surface area contributed by atoms with Crippen LogP contribution in [0.15, 0.2) is 30.3 Å². The molecule has 1 aromatic rings. The fourth-order valence-electron chi connectivity index (χ4n) is 2.76. The summed E-state index contributed by atoms with van der Waals surface area (Å²) in [6.45, 7) is 3.98. The number of nitrogens with two attached hydrogens (primary N) is 1. The Hall–Kier alpha value is -1.03. The van der Waals surface area contributed by atoms with Crippen LogP contribution in [0.1, 0.15) is 45.1 Å². The third kappa shape index (κ3) is 3.96. The Morgan fingerprint density at radius 3 is 2.00 bits per heavy atom. The van der Waals surface area contributed by atoms with Gasteiger partial charge in [-0.15, -0.1) is 0 Å². The highest BCUT2D eigenvalue weighted by molar-refractivity contribution is 5.27. The van der Waals surface area contributed by atoms with Gasteiger partial charge in [-0.05, 0) is 24.8 Å². The smallest absolute Gasteiger partial charge is 0.327 e. The average molecular weight is 273 g/mol. The minimum atomic E-state index is -4.14. The number of benzene rings is 1. The van der Waals surface area contributed by atoms with E-state index in [9.17, 15) is 13.2 Å². The van der Waals surface area contributed by atoms with Crippen LogP contribution in [0.3, 0.4) is 0 Å². The first-order valence-corrected chi connectivity index (χ1v) is 6.73. The lowest BCUT2D eigenvalue weighted by Gasteiger charge is -2.38. The van der Waals surface area contributed by atoms with E-state index in [1.807, 2.05) is 44.2 Å². The molecule has 1 atom stereocenters. The molecule has 0 radical (unpaired) electrons. The average Bonchev–Trinajstić information content (AvgIpc) is 2.39. The first-order chi connectivity index (χ1) is 8.85. The summed E-state index contributed by atoms with van der Waals surface area (Å²) in [5.74, 6) is 0. The Labute approximate surface area is 113 Å². The quantitative estimate of drug-likeness (QED) is 0.816. The van der Waals surface area contributed by atoms with Gasteiger partial charge in [-0.3, -0.25) is 0 Å². The van der Waals surface area contributed by atoms with Crippen LogP contribution >= 0.6 is 0 Å². The van der Waals surface area contributed by atoms with Gasteiger partial charge in [0.25, 0.3) is 0 Å². The van der Waals surface area contributed by atoms with Crippen LogP contribution in [0.5, 0.6) is 0 Å².